The largest absolute Gasteiger partial charge is 0.490 e. The van der Waals surface area contributed by atoms with E-state index in [4.69, 9.17) is 14.6 Å². The molecule has 1 saturated carbocycles. The van der Waals surface area contributed by atoms with E-state index >= 15 is 0 Å². The van der Waals surface area contributed by atoms with Gasteiger partial charge in [-0.3, -0.25) is 0 Å². The van der Waals surface area contributed by atoms with Crippen molar-refractivity contribution in [3.8, 4) is 0 Å². The number of fused-ring (bicyclic) bond motifs is 3. The Labute approximate surface area is 144 Å². The topological polar surface area (TPSA) is 58.6 Å². The Kier molecular flexibility index (Phi) is 5.34. The van der Waals surface area contributed by atoms with Gasteiger partial charge in [0, 0.05) is 19.0 Å². The van der Waals surface area contributed by atoms with Crippen molar-refractivity contribution in [3.05, 3.63) is 34.9 Å². The summed E-state index contributed by atoms with van der Waals surface area (Å²) in [4.78, 5) is 8.90. The van der Waals surface area contributed by atoms with Gasteiger partial charge in [0.2, 0.25) is 0 Å². The second-order valence-electron chi connectivity index (χ2n) is 6.81. The van der Waals surface area contributed by atoms with E-state index in [0.717, 1.165) is 25.6 Å². The summed E-state index contributed by atoms with van der Waals surface area (Å²) in [6.45, 7) is 2.95. The van der Waals surface area contributed by atoms with Gasteiger partial charge in [-0.25, -0.2) is 4.79 Å². The molecule has 2 fully saturated rings. The van der Waals surface area contributed by atoms with Crippen molar-refractivity contribution in [3.63, 3.8) is 0 Å². The number of halogens is 3. The van der Waals surface area contributed by atoms with Crippen molar-refractivity contribution in [1.29, 1.82) is 0 Å². The number of hydrogen-bond donors (Lipinski definition) is 2. The monoisotopic (exact) mass is 357 g/mol. The summed E-state index contributed by atoms with van der Waals surface area (Å²) < 4.78 is 37.8. The van der Waals surface area contributed by atoms with Crippen LogP contribution >= 0.6 is 0 Å². The zero-order chi connectivity index (χ0) is 18.0. The second-order valence-corrected chi connectivity index (χ2v) is 6.81. The maximum Gasteiger partial charge on any atom is 0.490 e. The summed E-state index contributed by atoms with van der Waals surface area (Å²) in [5.74, 6) is -1.36. The predicted molar refractivity (Wildman–Crippen MR) is 85.5 cm³/mol. The summed E-state index contributed by atoms with van der Waals surface area (Å²) in [6, 6.07) is 6.95. The minimum absolute atomic E-state index is 0.413. The number of aliphatic carboxylic acids is 1. The number of hydrogen-bond acceptors (Lipinski definition) is 3. The van der Waals surface area contributed by atoms with Crippen molar-refractivity contribution >= 4 is 5.97 Å². The van der Waals surface area contributed by atoms with Crippen LogP contribution in [0.5, 0.6) is 0 Å². The van der Waals surface area contributed by atoms with Crippen LogP contribution in [0.4, 0.5) is 13.2 Å². The lowest BCUT2D eigenvalue weighted by Gasteiger charge is -2.30. The number of alkyl halides is 3. The number of benzene rings is 1. The fourth-order valence-corrected chi connectivity index (χ4v) is 4.09. The standard InChI is InChI=1S/C16H21NO.C2HF3O2/c1-2-5-11(4-1)12-6-3-7-13-14-8-17-9-16(14)18-10-15(12)13;3-2(4,5)1(6)7/h3,6-7,11,14,16-17H,1-2,4-5,8-10H2;(H,6,7)/t14-,16+;/m1./s1. The van der Waals surface area contributed by atoms with Gasteiger partial charge in [-0.05, 0) is 35.4 Å². The Morgan fingerprint density at radius 1 is 1.16 bits per heavy atom. The number of carboxylic acids is 1. The zero-order valence-electron chi connectivity index (χ0n) is 13.8. The first kappa shape index (κ1) is 18.2. The van der Waals surface area contributed by atoms with Crippen molar-refractivity contribution in [2.45, 2.75) is 56.4 Å². The highest BCUT2D eigenvalue weighted by Crippen LogP contribution is 2.41. The van der Waals surface area contributed by atoms with Gasteiger partial charge in [-0.15, -0.1) is 0 Å². The fourth-order valence-electron chi connectivity index (χ4n) is 4.09. The molecule has 1 aromatic rings. The lowest BCUT2D eigenvalue weighted by Crippen LogP contribution is -2.27. The van der Waals surface area contributed by atoms with Gasteiger partial charge in [0.05, 0.1) is 12.7 Å². The number of carbonyl (C=O) groups is 1. The summed E-state index contributed by atoms with van der Waals surface area (Å²) in [5.41, 5.74) is 4.69. The molecule has 0 aromatic heterocycles. The van der Waals surface area contributed by atoms with Crippen molar-refractivity contribution in [2.75, 3.05) is 13.1 Å². The molecule has 0 radical (unpaired) electrons. The molecule has 25 heavy (non-hydrogen) atoms. The molecule has 0 amide bonds. The molecule has 1 saturated heterocycles. The summed E-state index contributed by atoms with van der Waals surface area (Å²) >= 11 is 0. The van der Waals surface area contributed by atoms with Crippen molar-refractivity contribution in [2.24, 2.45) is 0 Å². The Balaban J connectivity index is 0.000000225. The highest BCUT2D eigenvalue weighted by Gasteiger charge is 2.38. The molecule has 4 nitrogen and oxygen atoms in total. The van der Waals surface area contributed by atoms with Crippen LogP contribution < -0.4 is 5.32 Å². The summed E-state index contributed by atoms with van der Waals surface area (Å²) in [7, 11) is 0. The Bertz CT molecular complexity index is 612. The highest BCUT2D eigenvalue weighted by atomic mass is 19.4. The Morgan fingerprint density at radius 3 is 2.44 bits per heavy atom. The summed E-state index contributed by atoms with van der Waals surface area (Å²) in [5, 5.41) is 10.6. The van der Waals surface area contributed by atoms with E-state index in [2.05, 4.69) is 23.5 Å². The smallest absolute Gasteiger partial charge is 0.475 e. The third kappa shape index (κ3) is 3.98. The molecular formula is C18H22F3NO3. The lowest BCUT2D eigenvalue weighted by atomic mass is 9.83. The van der Waals surface area contributed by atoms with Crippen molar-refractivity contribution < 1.29 is 27.8 Å². The van der Waals surface area contributed by atoms with Crippen LogP contribution in [-0.4, -0.2) is 36.4 Å². The molecule has 2 aliphatic heterocycles. The Hall–Kier alpha value is -1.60. The van der Waals surface area contributed by atoms with Gasteiger partial charge in [-0.2, -0.15) is 13.2 Å². The van der Waals surface area contributed by atoms with Gasteiger partial charge in [0.15, 0.2) is 0 Å². The van der Waals surface area contributed by atoms with E-state index in [1.165, 1.54) is 31.2 Å². The van der Waals surface area contributed by atoms with Crippen LogP contribution in [0.25, 0.3) is 0 Å². The molecule has 2 heterocycles. The average molecular weight is 357 g/mol. The van der Waals surface area contributed by atoms with Gasteiger partial charge >= 0.3 is 12.1 Å². The van der Waals surface area contributed by atoms with E-state index in [0.29, 0.717) is 12.0 Å². The normalized spacial score (nSPS) is 25.7. The molecule has 0 bridgehead atoms. The molecule has 1 aliphatic carbocycles. The molecule has 0 unspecified atom stereocenters. The van der Waals surface area contributed by atoms with Crippen LogP contribution in [0.1, 0.15) is 54.2 Å². The Morgan fingerprint density at radius 2 is 1.80 bits per heavy atom. The molecule has 3 aliphatic rings. The molecule has 7 heteroatoms. The molecule has 2 N–H and O–H groups in total. The molecule has 2 atom stereocenters. The van der Waals surface area contributed by atoms with Gasteiger partial charge in [-0.1, -0.05) is 31.0 Å². The average Bonchev–Trinajstić information content (AvgIpc) is 3.25. The molecule has 4 rings (SSSR count). The van der Waals surface area contributed by atoms with Crippen LogP contribution in [0.2, 0.25) is 0 Å². The first-order chi connectivity index (χ1) is 11.9. The van der Waals surface area contributed by atoms with Crippen LogP contribution in [0, 0.1) is 0 Å². The number of ether oxygens (including phenoxy) is 1. The minimum Gasteiger partial charge on any atom is -0.475 e. The number of rotatable bonds is 1. The first-order valence-corrected chi connectivity index (χ1v) is 8.62. The highest BCUT2D eigenvalue weighted by molar-refractivity contribution is 5.73. The third-order valence-corrected chi connectivity index (χ3v) is 5.29. The zero-order valence-corrected chi connectivity index (χ0v) is 13.8. The molecule has 1 aromatic carbocycles. The molecule has 0 spiro atoms. The lowest BCUT2D eigenvalue weighted by molar-refractivity contribution is -0.192. The SMILES string of the molecule is O=C(O)C(F)(F)F.c1cc(C2CCCC2)c2c(c1)[C@H]1CNC[C@@H]1OC2. The van der Waals surface area contributed by atoms with E-state index in [-0.39, 0.29) is 0 Å². The molecule has 138 valence electrons. The third-order valence-electron chi connectivity index (χ3n) is 5.29. The predicted octanol–water partition coefficient (Wildman–Crippen LogP) is 3.56. The van der Waals surface area contributed by atoms with Gasteiger partial charge < -0.3 is 15.2 Å². The van der Waals surface area contributed by atoms with Gasteiger partial charge in [0.25, 0.3) is 0 Å². The van der Waals surface area contributed by atoms with E-state index in [9.17, 15) is 13.2 Å². The van der Waals surface area contributed by atoms with Crippen molar-refractivity contribution in [1.82, 2.24) is 5.32 Å². The second kappa shape index (κ2) is 7.33. The van der Waals surface area contributed by atoms with Crippen LogP contribution in [0.15, 0.2) is 18.2 Å². The molecular weight excluding hydrogens is 335 g/mol. The summed E-state index contributed by atoms with van der Waals surface area (Å²) in [6.07, 6.45) is 0.897. The van der Waals surface area contributed by atoms with E-state index < -0.39 is 12.1 Å². The minimum atomic E-state index is -5.08. The van der Waals surface area contributed by atoms with E-state index in [1.54, 1.807) is 11.1 Å². The quantitative estimate of drug-likeness (QED) is 0.807. The number of carboxylic acid groups (broad SMARTS) is 1. The maximum atomic E-state index is 10.6. The maximum absolute atomic E-state index is 10.6. The van der Waals surface area contributed by atoms with Gasteiger partial charge in [0.1, 0.15) is 0 Å². The number of nitrogens with one attached hydrogen (secondary N) is 1. The van der Waals surface area contributed by atoms with Crippen LogP contribution in [-0.2, 0) is 16.1 Å². The fraction of sp³-hybridized carbons (Fsp3) is 0.611. The van der Waals surface area contributed by atoms with E-state index in [1.807, 2.05) is 0 Å². The van der Waals surface area contributed by atoms with Crippen LogP contribution in [0.3, 0.4) is 0 Å². The first-order valence-electron chi connectivity index (χ1n) is 8.62.